The molecule has 0 bridgehead atoms. The Bertz CT molecular complexity index is 601. The molecule has 0 saturated carbocycles. The second-order valence-corrected chi connectivity index (χ2v) is 5.83. The number of carboxylic acid groups (broad SMARTS) is 6. The number of hydrogen-bond acceptors (Lipinski definition) is 6. The van der Waals surface area contributed by atoms with Crippen LogP contribution < -0.4 is 0 Å². The highest BCUT2D eigenvalue weighted by atomic mass is 16.4. The van der Waals surface area contributed by atoms with E-state index < -0.39 is 47.7 Å². The van der Waals surface area contributed by atoms with E-state index in [1.165, 1.54) is 27.7 Å². The van der Waals surface area contributed by atoms with Crippen LogP contribution in [0.2, 0.25) is 0 Å². The van der Waals surface area contributed by atoms with Crippen molar-refractivity contribution in [3.05, 3.63) is 36.5 Å². The van der Waals surface area contributed by atoms with Crippen molar-refractivity contribution in [2.75, 3.05) is 0 Å². The van der Waals surface area contributed by atoms with Crippen LogP contribution in [0, 0.1) is 5.41 Å². The molecule has 0 rings (SSSR count). The molecule has 0 unspecified atom stereocenters. The van der Waals surface area contributed by atoms with Crippen molar-refractivity contribution in [2.24, 2.45) is 5.41 Å². The Balaban J connectivity index is -0.000000171. The Morgan fingerprint density at radius 2 is 0.742 bits per heavy atom. The van der Waals surface area contributed by atoms with Crippen LogP contribution in [0.1, 0.15) is 40.5 Å². The standard InChI is InChI=1S/C7H10O6.3C4H6O2/c1-2-3-7(4(8)9,5(10)11)6(12)13;3*1-3(2)4(5)6/h2-3H2,1H3,(H,8,9)(H,10,11)(H,12,13);3*1H2,2H3,(H,5,6). The van der Waals surface area contributed by atoms with E-state index in [0.29, 0.717) is 0 Å². The largest absolute Gasteiger partial charge is 0.480 e. The molecule has 0 aromatic carbocycles. The summed E-state index contributed by atoms with van der Waals surface area (Å²) in [6, 6.07) is 0. The maximum atomic E-state index is 10.5. The highest BCUT2D eigenvalue weighted by Gasteiger charge is 2.53. The molecule has 31 heavy (non-hydrogen) atoms. The van der Waals surface area contributed by atoms with Crippen molar-refractivity contribution in [2.45, 2.75) is 40.5 Å². The molecule has 0 spiro atoms. The molecule has 0 aliphatic rings. The highest BCUT2D eigenvalue weighted by molar-refractivity contribution is 6.16. The van der Waals surface area contributed by atoms with Gasteiger partial charge in [-0.1, -0.05) is 33.1 Å². The van der Waals surface area contributed by atoms with E-state index >= 15 is 0 Å². The second-order valence-electron chi connectivity index (χ2n) is 5.83. The molecule has 0 aromatic rings. The molecule has 6 N–H and O–H groups in total. The van der Waals surface area contributed by atoms with Gasteiger partial charge in [-0.05, 0) is 27.2 Å². The molecule has 0 heterocycles. The molecule has 0 amide bonds. The zero-order valence-corrected chi connectivity index (χ0v) is 17.7. The Hall–Kier alpha value is -3.96. The molecule has 12 heteroatoms. The quantitative estimate of drug-likeness (QED) is 0.231. The topological polar surface area (TPSA) is 224 Å². The van der Waals surface area contributed by atoms with Crippen molar-refractivity contribution in [1.29, 1.82) is 0 Å². The first-order valence-corrected chi connectivity index (χ1v) is 8.19. The molecular formula is C19H28O12. The van der Waals surface area contributed by atoms with Gasteiger partial charge in [-0.15, -0.1) is 0 Å². The zero-order chi connectivity index (χ0) is 26.1. The Morgan fingerprint density at radius 1 is 0.581 bits per heavy atom. The van der Waals surface area contributed by atoms with E-state index in [2.05, 4.69) is 19.7 Å². The van der Waals surface area contributed by atoms with Gasteiger partial charge in [-0.3, -0.25) is 14.4 Å². The summed E-state index contributed by atoms with van der Waals surface area (Å²) in [6.07, 6.45) is -0.252. The van der Waals surface area contributed by atoms with Gasteiger partial charge in [0.15, 0.2) is 0 Å². The summed E-state index contributed by atoms with van der Waals surface area (Å²) < 4.78 is 0. The van der Waals surface area contributed by atoms with Gasteiger partial charge in [-0.2, -0.15) is 0 Å². The molecule has 0 atom stereocenters. The van der Waals surface area contributed by atoms with Crippen molar-refractivity contribution in [1.82, 2.24) is 0 Å². The van der Waals surface area contributed by atoms with Crippen LogP contribution in [0.3, 0.4) is 0 Å². The van der Waals surface area contributed by atoms with Crippen LogP contribution in [0.5, 0.6) is 0 Å². The molecular weight excluding hydrogens is 420 g/mol. The Kier molecular flexibility index (Phi) is 18.9. The van der Waals surface area contributed by atoms with Crippen LogP contribution in [-0.2, 0) is 28.8 Å². The van der Waals surface area contributed by atoms with E-state index in [0.717, 1.165) is 0 Å². The van der Waals surface area contributed by atoms with Gasteiger partial charge in [-0.25, -0.2) is 14.4 Å². The summed E-state index contributed by atoms with van der Waals surface area (Å²) in [7, 11) is 0. The maximum Gasteiger partial charge on any atom is 0.332 e. The lowest BCUT2D eigenvalue weighted by Gasteiger charge is -2.18. The van der Waals surface area contributed by atoms with Gasteiger partial charge in [0, 0.05) is 16.7 Å². The second kappa shape index (κ2) is 16.9. The molecule has 0 aliphatic carbocycles. The normalized spacial score (nSPS) is 8.90. The summed E-state index contributed by atoms with van der Waals surface area (Å²) >= 11 is 0. The first-order valence-electron chi connectivity index (χ1n) is 8.19. The van der Waals surface area contributed by atoms with Gasteiger partial charge in [0.05, 0.1) is 0 Å². The molecule has 0 radical (unpaired) electrons. The number of rotatable bonds is 8. The van der Waals surface area contributed by atoms with Crippen molar-refractivity contribution in [3.63, 3.8) is 0 Å². The maximum absolute atomic E-state index is 10.5. The zero-order valence-electron chi connectivity index (χ0n) is 17.7. The number of carboxylic acids is 6. The lowest BCUT2D eigenvalue weighted by atomic mass is 9.83. The minimum absolute atomic E-state index is 0.172. The lowest BCUT2D eigenvalue weighted by Crippen LogP contribution is -2.46. The highest BCUT2D eigenvalue weighted by Crippen LogP contribution is 2.25. The third-order valence-electron chi connectivity index (χ3n) is 2.82. The van der Waals surface area contributed by atoms with Gasteiger partial charge >= 0.3 is 35.8 Å². The third-order valence-corrected chi connectivity index (χ3v) is 2.82. The summed E-state index contributed by atoms with van der Waals surface area (Å²) in [5.41, 5.74) is -2.17. The Morgan fingerprint density at radius 3 is 0.774 bits per heavy atom. The van der Waals surface area contributed by atoms with E-state index in [4.69, 9.17) is 30.6 Å². The summed E-state index contributed by atoms with van der Waals surface area (Å²) in [5, 5.41) is 49.3. The summed E-state index contributed by atoms with van der Waals surface area (Å²) in [5.74, 6) is -8.32. The van der Waals surface area contributed by atoms with Crippen molar-refractivity contribution >= 4 is 35.8 Å². The van der Waals surface area contributed by atoms with Gasteiger partial charge in [0.2, 0.25) is 0 Å². The lowest BCUT2D eigenvalue weighted by molar-refractivity contribution is -0.176. The summed E-state index contributed by atoms with van der Waals surface area (Å²) in [6.45, 7) is 15.3. The van der Waals surface area contributed by atoms with Crippen LogP contribution in [0.15, 0.2) is 36.5 Å². The molecule has 0 aliphatic heterocycles. The number of carbonyl (C=O) groups is 6. The van der Waals surface area contributed by atoms with Gasteiger partial charge < -0.3 is 30.6 Å². The molecule has 0 aromatic heterocycles. The fourth-order valence-electron chi connectivity index (χ4n) is 0.970. The van der Waals surface area contributed by atoms with Gasteiger partial charge in [0.25, 0.3) is 5.41 Å². The average Bonchev–Trinajstić information content (AvgIpc) is 2.59. The van der Waals surface area contributed by atoms with E-state index in [9.17, 15) is 28.8 Å². The molecule has 0 saturated heterocycles. The smallest absolute Gasteiger partial charge is 0.332 e. The predicted molar refractivity (Wildman–Crippen MR) is 108 cm³/mol. The number of hydrogen-bond donors (Lipinski definition) is 6. The van der Waals surface area contributed by atoms with Crippen LogP contribution in [0.4, 0.5) is 0 Å². The summed E-state index contributed by atoms with van der Waals surface area (Å²) in [4.78, 5) is 60.4. The van der Waals surface area contributed by atoms with Crippen LogP contribution in [0.25, 0.3) is 0 Å². The number of aliphatic carboxylic acids is 6. The molecule has 12 nitrogen and oxygen atoms in total. The predicted octanol–water partition coefficient (Wildman–Crippen LogP) is 1.97. The van der Waals surface area contributed by atoms with Gasteiger partial charge in [0.1, 0.15) is 0 Å². The van der Waals surface area contributed by atoms with E-state index in [-0.39, 0.29) is 23.1 Å². The molecule has 176 valence electrons. The van der Waals surface area contributed by atoms with Crippen molar-refractivity contribution in [3.8, 4) is 0 Å². The first-order chi connectivity index (χ1) is 13.8. The fraction of sp³-hybridized carbons (Fsp3) is 0.368. The average molecular weight is 448 g/mol. The fourth-order valence-corrected chi connectivity index (χ4v) is 0.970. The minimum atomic E-state index is -2.70. The Labute approximate surface area is 178 Å². The van der Waals surface area contributed by atoms with E-state index in [1.807, 2.05) is 0 Å². The first kappa shape index (κ1) is 34.5. The monoisotopic (exact) mass is 448 g/mol. The van der Waals surface area contributed by atoms with Crippen molar-refractivity contribution < 1.29 is 59.4 Å². The minimum Gasteiger partial charge on any atom is -0.480 e. The molecule has 0 fully saturated rings. The third kappa shape index (κ3) is 16.7. The van der Waals surface area contributed by atoms with Crippen LogP contribution >= 0.6 is 0 Å². The van der Waals surface area contributed by atoms with Crippen LogP contribution in [-0.4, -0.2) is 66.5 Å². The SMILES string of the molecule is C=C(C)C(=O)O.C=C(C)C(=O)O.C=C(C)C(=O)O.CCCC(C(=O)O)(C(=O)O)C(=O)O. The van der Waals surface area contributed by atoms with E-state index in [1.54, 1.807) is 0 Å².